The van der Waals surface area contributed by atoms with Gasteiger partial charge in [0, 0.05) is 35.8 Å². The largest absolute Gasteiger partial charge is 0.494 e. The molecule has 218 valence electrons. The summed E-state index contributed by atoms with van der Waals surface area (Å²) in [4.78, 5) is 35.8. The average Bonchev–Trinajstić information content (AvgIpc) is 3.37. The number of methoxy groups -OCH3 is 1. The van der Waals surface area contributed by atoms with Gasteiger partial charge >= 0.3 is 6.09 Å². The van der Waals surface area contributed by atoms with Crippen LogP contribution in [0.1, 0.15) is 20.8 Å². The zero-order valence-electron chi connectivity index (χ0n) is 24.6. The van der Waals surface area contributed by atoms with Gasteiger partial charge in [-0.15, -0.1) is 0 Å². The van der Waals surface area contributed by atoms with Gasteiger partial charge in [-0.2, -0.15) is 5.10 Å². The minimum absolute atomic E-state index is 0.0595. The number of hydrogen-bond donors (Lipinski definition) is 2. The molecule has 0 bridgehead atoms. The lowest BCUT2D eigenvalue weighted by molar-refractivity contribution is -0.606. The summed E-state index contributed by atoms with van der Waals surface area (Å²) in [6.07, 6.45) is 3.17. The number of aryl methyl sites for hydroxylation is 1. The smallest absolute Gasteiger partial charge is 0.408 e. The lowest BCUT2D eigenvalue weighted by Gasteiger charge is -3.09. The van der Waals surface area contributed by atoms with Crippen molar-refractivity contribution in [3.8, 4) is 28.3 Å². The first kappa shape index (κ1) is 25.1. The second-order valence-corrected chi connectivity index (χ2v) is 13.8. The van der Waals surface area contributed by atoms with E-state index in [2.05, 4.69) is 20.6 Å². The Balaban J connectivity index is 1.01. The highest BCUT2D eigenvalue weighted by atomic mass is 16.6. The highest BCUT2D eigenvalue weighted by Gasteiger charge is 3.12. The Morgan fingerprint density at radius 2 is 1.65 bits per heavy atom. The molecule has 4 aromatic rings. The van der Waals surface area contributed by atoms with Crippen LogP contribution in [0, 0.1) is 40.9 Å². The number of ether oxygens (including phenoxy) is 2. The summed E-state index contributed by atoms with van der Waals surface area (Å²) < 4.78 is 13.1. The lowest BCUT2D eigenvalue weighted by Crippen LogP contribution is -3.16. The maximum absolute atomic E-state index is 14.0. The molecule has 0 atom stereocenters. The van der Waals surface area contributed by atoms with Crippen molar-refractivity contribution in [3.63, 3.8) is 0 Å². The van der Waals surface area contributed by atoms with E-state index in [-0.39, 0.29) is 23.0 Å². The number of alkyl carbamates (subject to hydrolysis) is 1. The first-order valence-electron chi connectivity index (χ1n) is 14.9. The fourth-order valence-corrected chi connectivity index (χ4v) is 9.98. The van der Waals surface area contributed by atoms with E-state index >= 15 is 0 Å². The van der Waals surface area contributed by atoms with Crippen molar-refractivity contribution in [2.24, 2.45) is 48.0 Å². The number of aromatic nitrogens is 4. The van der Waals surface area contributed by atoms with Gasteiger partial charge in [0.15, 0.2) is 0 Å². The van der Waals surface area contributed by atoms with Crippen molar-refractivity contribution in [2.75, 3.05) is 12.4 Å². The molecule has 2 aromatic carbocycles. The Morgan fingerprint density at radius 3 is 2.30 bits per heavy atom. The normalized spacial score (nSPS) is 33.1. The summed E-state index contributed by atoms with van der Waals surface area (Å²) in [5.41, 5.74) is 3.76. The van der Waals surface area contributed by atoms with Crippen LogP contribution in [0.2, 0.25) is 0 Å². The number of rotatable bonds is 6. The molecule has 0 unspecified atom stereocenters. The van der Waals surface area contributed by atoms with Gasteiger partial charge in [0.25, 0.3) is 0 Å². The molecule has 2 heterocycles. The van der Waals surface area contributed by atoms with Crippen LogP contribution in [-0.2, 0) is 16.6 Å². The second-order valence-electron chi connectivity index (χ2n) is 13.8. The van der Waals surface area contributed by atoms with E-state index in [0.29, 0.717) is 52.5 Å². The van der Waals surface area contributed by atoms with Gasteiger partial charge in [0.2, 0.25) is 5.91 Å². The van der Waals surface area contributed by atoms with Crippen LogP contribution in [0.4, 0.5) is 10.5 Å². The molecule has 6 aliphatic carbocycles. The number of hydrogen-bond acceptors (Lipinski definition) is 7. The summed E-state index contributed by atoms with van der Waals surface area (Å²) in [5, 5.41) is 12.0. The molecule has 10 nitrogen and oxygen atoms in total. The highest BCUT2D eigenvalue weighted by Crippen LogP contribution is 3.07. The van der Waals surface area contributed by atoms with Crippen LogP contribution in [0.25, 0.3) is 33.4 Å². The predicted octanol–water partition coefficient (Wildman–Crippen LogP) is 4.66. The SMILES string of the molecule is COc1cc2ncnc(-c3cn(C)nc3-c3ccccc3)c2cc1NC(=O)C12C3C4C1C1C2C3C41NC(=O)OC(C)(C)C. The molecular formula is C33H32N6O4. The zero-order chi connectivity index (χ0) is 29.6. The van der Waals surface area contributed by atoms with Crippen molar-refractivity contribution in [3.05, 3.63) is 55.0 Å². The molecule has 2 N–H and O–H groups in total. The molecule has 10 rings (SSSR count). The molecule has 43 heavy (non-hydrogen) atoms. The van der Waals surface area contributed by atoms with Crippen LogP contribution < -0.4 is 15.4 Å². The van der Waals surface area contributed by atoms with Gasteiger partial charge in [0.1, 0.15) is 23.4 Å². The van der Waals surface area contributed by atoms with Crippen LogP contribution in [0.15, 0.2) is 55.0 Å². The summed E-state index contributed by atoms with van der Waals surface area (Å²) in [7, 11) is 3.50. The van der Waals surface area contributed by atoms with Crippen LogP contribution >= 0.6 is 0 Å². The standard InChI is InChI=1S/C33H32N6O4/c1-31(2,3)43-30(41)37-33-24-21-25(33)23-26(33)22(24)32(21,23)29(40)36-19-11-16-18(12-20(19)42-5)34-14-35-28(16)17-13-39(4)38-27(17)15-9-7-6-8-10-15/h6-14,21-26H,1-5H3,(H,36,40)(H,37,41). The Morgan fingerprint density at radius 1 is 0.953 bits per heavy atom. The number of anilines is 1. The maximum Gasteiger partial charge on any atom is 0.408 e. The topological polar surface area (TPSA) is 120 Å². The summed E-state index contributed by atoms with van der Waals surface area (Å²) in [6.45, 7) is 5.63. The van der Waals surface area contributed by atoms with Crippen LogP contribution in [-0.4, -0.2) is 50.0 Å². The van der Waals surface area contributed by atoms with Crippen LogP contribution in [0.5, 0.6) is 5.75 Å². The summed E-state index contributed by atoms with van der Waals surface area (Å²) >= 11 is 0. The van der Waals surface area contributed by atoms with E-state index in [0.717, 1.165) is 27.9 Å². The molecule has 0 radical (unpaired) electrons. The van der Waals surface area contributed by atoms with E-state index in [9.17, 15) is 9.59 Å². The van der Waals surface area contributed by atoms with E-state index in [1.54, 1.807) is 18.1 Å². The minimum Gasteiger partial charge on any atom is -0.494 e. The molecule has 2 amide bonds. The molecule has 10 heteroatoms. The van der Waals surface area contributed by atoms with Gasteiger partial charge in [-0.1, -0.05) is 30.3 Å². The molecule has 6 fully saturated rings. The monoisotopic (exact) mass is 576 g/mol. The number of carbonyl (C=O) groups excluding carboxylic acids is 2. The molecule has 6 aliphatic rings. The number of carbonyl (C=O) groups is 2. The van der Waals surface area contributed by atoms with Crippen LogP contribution in [0.3, 0.4) is 0 Å². The number of amides is 2. The third-order valence-electron chi connectivity index (χ3n) is 11.1. The van der Waals surface area contributed by atoms with Crippen molar-refractivity contribution < 1.29 is 19.1 Å². The third kappa shape index (κ3) is 2.74. The Labute approximate surface area is 248 Å². The number of benzene rings is 2. The maximum atomic E-state index is 14.0. The molecule has 6 saturated carbocycles. The molecule has 0 aliphatic heterocycles. The van der Waals surface area contributed by atoms with Crippen molar-refractivity contribution >= 4 is 28.6 Å². The van der Waals surface area contributed by atoms with Crippen molar-refractivity contribution in [2.45, 2.75) is 31.9 Å². The highest BCUT2D eigenvalue weighted by molar-refractivity contribution is 6.06. The Kier molecular flexibility index (Phi) is 4.50. The van der Waals surface area contributed by atoms with E-state index in [1.807, 2.05) is 76.5 Å². The van der Waals surface area contributed by atoms with Gasteiger partial charge in [-0.05, 0) is 62.3 Å². The number of nitrogens with one attached hydrogen (secondary N) is 2. The fraction of sp³-hybridized carbons (Fsp3) is 0.424. The predicted molar refractivity (Wildman–Crippen MR) is 158 cm³/mol. The summed E-state index contributed by atoms with van der Waals surface area (Å²) in [5.74, 6) is 2.75. The quantitative estimate of drug-likeness (QED) is 0.343. The third-order valence-corrected chi connectivity index (χ3v) is 11.1. The van der Waals surface area contributed by atoms with E-state index in [4.69, 9.17) is 14.6 Å². The Bertz CT molecular complexity index is 1840. The number of fused-ring (bicyclic) bond motifs is 1. The zero-order valence-corrected chi connectivity index (χ0v) is 24.6. The number of nitrogens with zero attached hydrogens (tertiary/aromatic N) is 4. The average molecular weight is 577 g/mol. The molecule has 0 saturated heterocycles. The second kappa shape index (κ2) is 7.72. The first-order valence-corrected chi connectivity index (χ1v) is 14.9. The van der Waals surface area contributed by atoms with Gasteiger partial charge in [-0.3, -0.25) is 9.48 Å². The summed E-state index contributed by atoms with van der Waals surface area (Å²) in [6, 6.07) is 13.8. The minimum atomic E-state index is -0.534. The Hall–Kier alpha value is -4.47. The van der Waals surface area contributed by atoms with E-state index < -0.39 is 5.60 Å². The van der Waals surface area contributed by atoms with Gasteiger partial charge in [0.05, 0.1) is 35.0 Å². The van der Waals surface area contributed by atoms with E-state index in [1.165, 1.54) is 0 Å². The molecule has 2 aromatic heterocycles. The fourth-order valence-electron chi connectivity index (χ4n) is 9.98. The molecular weight excluding hydrogens is 544 g/mol. The lowest BCUT2D eigenvalue weighted by atomic mass is 8.94. The molecule has 0 spiro atoms. The van der Waals surface area contributed by atoms with Gasteiger partial charge in [-0.25, -0.2) is 14.8 Å². The van der Waals surface area contributed by atoms with Gasteiger partial charge < -0.3 is 20.1 Å². The van der Waals surface area contributed by atoms with Crippen molar-refractivity contribution in [1.29, 1.82) is 0 Å². The first-order chi connectivity index (χ1) is 20.6. The van der Waals surface area contributed by atoms with Crippen molar-refractivity contribution in [1.82, 2.24) is 25.1 Å².